The molecule has 152 valence electrons. The van der Waals surface area contributed by atoms with Crippen molar-refractivity contribution < 1.29 is 33.5 Å². The van der Waals surface area contributed by atoms with Crippen LogP contribution in [0.2, 0.25) is 0 Å². The molecule has 0 heterocycles. The molecule has 0 unspecified atom stereocenters. The van der Waals surface area contributed by atoms with E-state index in [4.69, 9.17) is 14.2 Å². The number of hydrogen-bond donors (Lipinski definition) is 1. The van der Waals surface area contributed by atoms with Crippen LogP contribution in [0.5, 0.6) is 5.75 Å². The van der Waals surface area contributed by atoms with Crippen LogP contribution >= 0.6 is 0 Å². The van der Waals surface area contributed by atoms with Crippen molar-refractivity contribution >= 4 is 29.2 Å². The van der Waals surface area contributed by atoms with Crippen LogP contribution in [0.15, 0.2) is 42.5 Å². The number of non-ortho nitro benzene ring substituents is 1. The first-order chi connectivity index (χ1) is 13.9. The number of amides is 1. The molecule has 2 aromatic carbocycles. The van der Waals surface area contributed by atoms with Gasteiger partial charge in [0.1, 0.15) is 11.3 Å². The minimum absolute atomic E-state index is 0.0636. The number of nitrogens with one attached hydrogen (secondary N) is 1. The average Bonchev–Trinajstić information content (AvgIpc) is 2.72. The van der Waals surface area contributed by atoms with Gasteiger partial charge in [-0.15, -0.1) is 0 Å². The van der Waals surface area contributed by atoms with Crippen molar-refractivity contribution in [1.82, 2.24) is 0 Å². The lowest BCUT2D eigenvalue weighted by Gasteiger charge is -2.11. The maximum Gasteiger partial charge on any atom is 0.342 e. The van der Waals surface area contributed by atoms with Gasteiger partial charge in [-0.3, -0.25) is 14.9 Å². The van der Waals surface area contributed by atoms with Crippen LogP contribution in [0.4, 0.5) is 11.4 Å². The Morgan fingerprint density at radius 1 is 1.03 bits per heavy atom. The van der Waals surface area contributed by atoms with Gasteiger partial charge in [-0.2, -0.15) is 0 Å². The first-order valence-electron chi connectivity index (χ1n) is 8.43. The Kier molecular flexibility index (Phi) is 7.24. The molecule has 10 nitrogen and oxygen atoms in total. The Balaban J connectivity index is 2.07. The highest BCUT2D eigenvalue weighted by atomic mass is 16.6. The number of ether oxygens (including phenoxy) is 3. The van der Waals surface area contributed by atoms with Gasteiger partial charge in [0, 0.05) is 12.1 Å². The molecule has 2 rings (SSSR count). The lowest BCUT2D eigenvalue weighted by Crippen LogP contribution is -2.22. The zero-order valence-electron chi connectivity index (χ0n) is 15.7. The van der Waals surface area contributed by atoms with Gasteiger partial charge < -0.3 is 19.5 Å². The maximum absolute atomic E-state index is 12.2. The Morgan fingerprint density at radius 2 is 1.72 bits per heavy atom. The Morgan fingerprint density at radius 3 is 2.38 bits per heavy atom. The third kappa shape index (κ3) is 5.51. The van der Waals surface area contributed by atoms with E-state index in [-0.39, 0.29) is 34.9 Å². The molecule has 1 amide bonds. The molecule has 29 heavy (non-hydrogen) atoms. The minimum Gasteiger partial charge on any atom is -0.496 e. The number of nitrogens with zero attached hydrogens (tertiary/aromatic N) is 1. The molecule has 0 spiro atoms. The van der Waals surface area contributed by atoms with Gasteiger partial charge >= 0.3 is 11.9 Å². The van der Waals surface area contributed by atoms with Crippen molar-refractivity contribution in [3.63, 3.8) is 0 Å². The van der Waals surface area contributed by atoms with Crippen molar-refractivity contribution in [2.45, 2.75) is 6.92 Å². The molecule has 0 saturated heterocycles. The van der Waals surface area contributed by atoms with Crippen LogP contribution in [0.1, 0.15) is 27.6 Å². The smallest absolute Gasteiger partial charge is 0.342 e. The van der Waals surface area contributed by atoms with E-state index in [1.807, 2.05) is 0 Å². The van der Waals surface area contributed by atoms with Crippen LogP contribution in [-0.2, 0) is 14.3 Å². The Labute approximate surface area is 165 Å². The summed E-state index contributed by atoms with van der Waals surface area (Å²) in [6.45, 7) is 1.15. The normalized spacial score (nSPS) is 10.0. The van der Waals surface area contributed by atoms with Crippen LogP contribution in [0.25, 0.3) is 0 Å². The molecule has 1 N–H and O–H groups in total. The lowest BCUT2D eigenvalue weighted by molar-refractivity contribution is -0.384. The topological polar surface area (TPSA) is 134 Å². The fourth-order valence-electron chi connectivity index (χ4n) is 2.34. The molecule has 0 fully saturated rings. The highest BCUT2D eigenvalue weighted by Gasteiger charge is 2.20. The number of esters is 2. The number of carbonyl (C=O) groups is 3. The molecular formula is C19H18N2O8. The second-order valence-corrected chi connectivity index (χ2v) is 5.53. The summed E-state index contributed by atoms with van der Waals surface area (Å²) in [7, 11) is 1.29. The summed E-state index contributed by atoms with van der Waals surface area (Å²) >= 11 is 0. The van der Waals surface area contributed by atoms with Gasteiger partial charge in [0.25, 0.3) is 11.6 Å². The van der Waals surface area contributed by atoms with Crippen LogP contribution in [0.3, 0.4) is 0 Å². The zero-order valence-corrected chi connectivity index (χ0v) is 15.7. The first kappa shape index (κ1) is 21.4. The molecule has 0 bridgehead atoms. The molecule has 0 aliphatic rings. The number of anilines is 1. The number of carbonyl (C=O) groups excluding carboxylic acids is 3. The van der Waals surface area contributed by atoms with E-state index in [1.165, 1.54) is 31.4 Å². The standard InChI is InChI=1S/C19H18N2O8/c1-3-28-18(23)13-6-4-5-7-15(13)20-17(22)11-29-19(24)14-10-12(21(25)26)8-9-16(14)27-2/h4-10H,3,11H2,1-2H3,(H,20,22). The molecule has 0 aromatic heterocycles. The maximum atomic E-state index is 12.2. The van der Waals surface area contributed by atoms with Crippen LogP contribution in [-0.4, -0.2) is 43.1 Å². The number of hydrogen-bond acceptors (Lipinski definition) is 8. The Bertz CT molecular complexity index is 942. The number of rotatable bonds is 8. The van der Waals surface area contributed by atoms with Crippen molar-refractivity contribution in [2.24, 2.45) is 0 Å². The predicted molar refractivity (Wildman–Crippen MR) is 101 cm³/mol. The highest BCUT2D eigenvalue weighted by molar-refractivity contribution is 6.02. The summed E-state index contributed by atoms with van der Waals surface area (Å²) in [5.74, 6) is -2.23. The predicted octanol–water partition coefficient (Wildman–Crippen LogP) is 2.58. The quantitative estimate of drug-likeness (QED) is 0.404. The van der Waals surface area contributed by atoms with Gasteiger partial charge in [0.15, 0.2) is 6.61 Å². The number of para-hydroxylation sites is 1. The lowest BCUT2D eigenvalue weighted by atomic mass is 10.1. The largest absolute Gasteiger partial charge is 0.496 e. The fraction of sp³-hybridized carbons (Fsp3) is 0.211. The minimum atomic E-state index is -0.973. The van der Waals surface area contributed by atoms with Gasteiger partial charge in [0.2, 0.25) is 0 Å². The summed E-state index contributed by atoms with van der Waals surface area (Å²) in [6, 6.07) is 9.62. The molecule has 0 atom stereocenters. The molecule has 0 radical (unpaired) electrons. The summed E-state index contributed by atoms with van der Waals surface area (Å²) in [5.41, 5.74) is -0.179. The zero-order chi connectivity index (χ0) is 21.4. The third-order valence-electron chi connectivity index (χ3n) is 3.64. The number of nitro benzene ring substituents is 1. The van der Waals surface area contributed by atoms with Gasteiger partial charge in [-0.1, -0.05) is 12.1 Å². The summed E-state index contributed by atoms with van der Waals surface area (Å²) in [6.07, 6.45) is 0. The van der Waals surface area contributed by atoms with Crippen molar-refractivity contribution in [1.29, 1.82) is 0 Å². The average molecular weight is 402 g/mol. The SMILES string of the molecule is CCOC(=O)c1ccccc1NC(=O)COC(=O)c1cc([N+](=O)[O-])ccc1OC. The van der Waals surface area contributed by atoms with Crippen molar-refractivity contribution in [2.75, 3.05) is 25.6 Å². The summed E-state index contributed by atoms with van der Waals surface area (Å²) in [5, 5.41) is 13.3. The van der Waals surface area contributed by atoms with E-state index in [2.05, 4.69) is 5.32 Å². The fourth-order valence-corrected chi connectivity index (χ4v) is 2.34. The molecule has 0 saturated carbocycles. The molecule has 0 aliphatic carbocycles. The van der Waals surface area contributed by atoms with E-state index < -0.39 is 29.4 Å². The number of methoxy groups -OCH3 is 1. The van der Waals surface area contributed by atoms with E-state index in [0.717, 1.165) is 6.07 Å². The summed E-state index contributed by atoms with van der Waals surface area (Å²) < 4.78 is 14.8. The van der Waals surface area contributed by atoms with Gasteiger partial charge in [-0.25, -0.2) is 9.59 Å². The van der Waals surface area contributed by atoms with Crippen molar-refractivity contribution in [3.05, 3.63) is 63.7 Å². The van der Waals surface area contributed by atoms with Crippen LogP contribution < -0.4 is 10.1 Å². The monoisotopic (exact) mass is 402 g/mol. The van der Waals surface area contributed by atoms with Gasteiger partial charge in [0.05, 0.1) is 29.9 Å². The second-order valence-electron chi connectivity index (χ2n) is 5.53. The highest BCUT2D eigenvalue weighted by Crippen LogP contribution is 2.24. The van der Waals surface area contributed by atoms with E-state index in [1.54, 1.807) is 19.1 Å². The van der Waals surface area contributed by atoms with Crippen molar-refractivity contribution in [3.8, 4) is 5.75 Å². The van der Waals surface area contributed by atoms with E-state index in [0.29, 0.717) is 0 Å². The van der Waals surface area contributed by atoms with Gasteiger partial charge in [-0.05, 0) is 25.1 Å². The first-order valence-corrected chi connectivity index (χ1v) is 8.43. The summed E-state index contributed by atoms with van der Waals surface area (Å²) in [4.78, 5) is 46.5. The molecular weight excluding hydrogens is 384 g/mol. The molecule has 2 aromatic rings. The Hall–Kier alpha value is -3.95. The van der Waals surface area contributed by atoms with Crippen LogP contribution in [0, 0.1) is 10.1 Å². The number of nitro groups is 1. The second kappa shape index (κ2) is 9.83. The third-order valence-corrected chi connectivity index (χ3v) is 3.64. The molecule has 0 aliphatic heterocycles. The van der Waals surface area contributed by atoms with E-state index in [9.17, 15) is 24.5 Å². The number of benzene rings is 2. The molecule has 10 heteroatoms. The van der Waals surface area contributed by atoms with E-state index >= 15 is 0 Å².